The van der Waals surface area contributed by atoms with E-state index in [1.165, 1.54) is 30.3 Å². The largest absolute Gasteiger partial charge is 0.486 e. The number of hydrogen-bond donors (Lipinski definition) is 1. The summed E-state index contributed by atoms with van der Waals surface area (Å²) in [7, 11) is -3.84. The van der Waals surface area contributed by atoms with Gasteiger partial charge in [-0.05, 0) is 30.3 Å². The molecule has 0 bridgehead atoms. The van der Waals surface area contributed by atoms with E-state index >= 15 is 0 Å². The molecule has 0 amide bonds. The number of fused-ring (bicyclic) bond motifs is 1. The summed E-state index contributed by atoms with van der Waals surface area (Å²) in [5.41, 5.74) is 0.168. The molecule has 8 heteroatoms. The number of halogens is 2. The molecule has 1 aliphatic heterocycles. The zero-order valence-corrected chi connectivity index (χ0v) is 12.7. The molecule has 0 aromatic heterocycles. The Labute approximate surface area is 131 Å². The molecule has 0 saturated heterocycles. The maximum absolute atomic E-state index is 13.1. The van der Waals surface area contributed by atoms with Crippen LogP contribution in [0.5, 0.6) is 11.5 Å². The zero-order chi connectivity index (χ0) is 15.7. The summed E-state index contributed by atoms with van der Waals surface area (Å²) in [6.45, 7) is 0.781. The SMILES string of the molecule is O=S(=O)(Nc1ccc(F)c(Cl)c1)c1ccc2c(c1)OCCO2. The van der Waals surface area contributed by atoms with E-state index in [9.17, 15) is 12.8 Å². The molecular formula is C14H11ClFNO4S. The Bertz CT molecular complexity index is 826. The molecule has 0 spiro atoms. The maximum atomic E-state index is 13.1. The van der Waals surface area contributed by atoms with Gasteiger partial charge in [-0.1, -0.05) is 11.6 Å². The van der Waals surface area contributed by atoms with Crippen molar-refractivity contribution >= 4 is 27.3 Å². The van der Waals surface area contributed by atoms with Crippen LogP contribution in [0.1, 0.15) is 0 Å². The topological polar surface area (TPSA) is 64.6 Å². The van der Waals surface area contributed by atoms with Crippen LogP contribution in [0.25, 0.3) is 0 Å². The Morgan fingerprint density at radius 1 is 1.05 bits per heavy atom. The smallest absolute Gasteiger partial charge is 0.262 e. The van der Waals surface area contributed by atoms with Crippen molar-refractivity contribution in [3.05, 3.63) is 47.2 Å². The molecule has 0 fully saturated rings. The first-order chi connectivity index (χ1) is 10.5. The number of benzene rings is 2. The predicted molar refractivity (Wildman–Crippen MR) is 79.7 cm³/mol. The first-order valence-corrected chi connectivity index (χ1v) is 8.19. The second-order valence-electron chi connectivity index (χ2n) is 4.54. The van der Waals surface area contributed by atoms with Gasteiger partial charge in [-0.25, -0.2) is 12.8 Å². The fourth-order valence-corrected chi connectivity index (χ4v) is 3.21. The van der Waals surface area contributed by atoms with Gasteiger partial charge in [0.25, 0.3) is 10.0 Å². The first-order valence-electron chi connectivity index (χ1n) is 6.33. The molecule has 1 aliphatic rings. The lowest BCUT2D eigenvalue weighted by atomic mass is 10.3. The van der Waals surface area contributed by atoms with E-state index in [0.29, 0.717) is 24.7 Å². The van der Waals surface area contributed by atoms with Gasteiger partial charge in [0.2, 0.25) is 0 Å². The number of nitrogens with one attached hydrogen (secondary N) is 1. The van der Waals surface area contributed by atoms with Crippen LogP contribution in [0, 0.1) is 5.82 Å². The van der Waals surface area contributed by atoms with Crippen LogP contribution in [-0.4, -0.2) is 21.6 Å². The van der Waals surface area contributed by atoms with Crippen molar-refractivity contribution in [2.24, 2.45) is 0 Å². The Balaban J connectivity index is 1.90. The average Bonchev–Trinajstić information content (AvgIpc) is 2.50. The number of hydrogen-bond acceptors (Lipinski definition) is 4. The van der Waals surface area contributed by atoms with Crippen LogP contribution < -0.4 is 14.2 Å². The molecule has 0 atom stereocenters. The molecule has 1 heterocycles. The highest BCUT2D eigenvalue weighted by Crippen LogP contribution is 2.33. The van der Waals surface area contributed by atoms with Crippen molar-refractivity contribution in [3.8, 4) is 11.5 Å². The van der Waals surface area contributed by atoms with Gasteiger partial charge in [0.15, 0.2) is 11.5 Å². The van der Waals surface area contributed by atoms with Crippen LogP contribution in [0.3, 0.4) is 0 Å². The minimum Gasteiger partial charge on any atom is -0.486 e. The van der Waals surface area contributed by atoms with E-state index in [2.05, 4.69) is 4.72 Å². The Kier molecular flexibility index (Phi) is 3.84. The molecule has 0 radical (unpaired) electrons. The molecule has 116 valence electrons. The molecule has 3 rings (SSSR count). The van der Waals surface area contributed by atoms with E-state index in [1.54, 1.807) is 0 Å². The zero-order valence-electron chi connectivity index (χ0n) is 11.2. The summed E-state index contributed by atoms with van der Waals surface area (Å²) >= 11 is 5.64. The number of sulfonamides is 1. The van der Waals surface area contributed by atoms with Crippen molar-refractivity contribution in [3.63, 3.8) is 0 Å². The van der Waals surface area contributed by atoms with Gasteiger partial charge in [-0.15, -0.1) is 0 Å². The molecular weight excluding hydrogens is 333 g/mol. The van der Waals surface area contributed by atoms with Gasteiger partial charge in [0, 0.05) is 6.07 Å². The second kappa shape index (κ2) is 5.66. The van der Waals surface area contributed by atoms with Gasteiger partial charge in [0.05, 0.1) is 15.6 Å². The molecule has 0 aliphatic carbocycles. The first kappa shape index (κ1) is 14.9. The quantitative estimate of drug-likeness (QED) is 0.930. The summed E-state index contributed by atoms with van der Waals surface area (Å²) < 4.78 is 50.8. The monoisotopic (exact) mass is 343 g/mol. The van der Waals surface area contributed by atoms with Crippen molar-refractivity contribution in [1.82, 2.24) is 0 Å². The standard InChI is InChI=1S/C14H11ClFNO4S/c15-11-7-9(1-3-12(11)16)17-22(18,19)10-2-4-13-14(8-10)21-6-5-20-13/h1-4,7-8,17H,5-6H2. The van der Waals surface area contributed by atoms with E-state index in [4.69, 9.17) is 21.1 Å². The lowest BCUT2D eigenvalue weighted by molar-refractivity contribution is 0.171. The van der Waals surface area contributed by atoms with Crippen LogP contribution in [0.15, 0.2) is 41.3 Å². The van der Waals surface area contributed by atoms with E-state index in [0.717, 1.165) is 6.07 Å². The Hall–Kier alpha value is -1.99. The van der Waals surface area contributed by atoms with Gasteiger partial charge >= 0.3 is 0 Å². The van der Waals surface area contributed by atoms with Crippen LogP contribution >= 0.6 is 11.6 Å². The number of ether oxygens (including phenoxy) is 2. The second-order valence-corrected chi connectivity index (χ2v) is 6.63. The normalized spacial score (nSPS) is 13.7. The van der Waals surface area contributed by atoms with Crippen LogP contribution in [0.4, 0.5) is 10.1 Å². The third-order valence-electron chi connectivity index (χ3n) is 3.00. The molecule has 0 unspecified atom stereocenters. The third-order valence-corrected chi connectivity index (χ3v) is 4.66. The summed E-state index contributed by atoms with van der Waals surface area (Å²) in [6, 6.07) is 7.89. The van der Waals surface area contributed by atoms with E-state index in [1.807, 2.05) is 0 Å². The van der Waals surface area contributed by atoms with Gasteiger partial charge in [-0.2, -0.15) is 0 Å². The fraction of sp³-hybridized carbons (Fsp3) is 0.143. The Morgan fingerprint density at radius 3 is 2.50 bits per heavy atom. The van der Waals surface area contributed by atoms with Crippen molar-refractivity contribution < 1.29 is 22.3 Å². The summed E-state index contributed by atoms with van der Waals surface area (Å²) in [6.07, 6.45) is 0. The minimum absolute atomic E-state index is 0.0113. The van der Waals surface area contributed by atoms with E-state index < -0.39 is 15.8 Å². The summed E-state index contributed by atoms with van der Waals surface area (Å²) in [5, 5.41) is -0.164. The van der Waals surface area contributed by atoms with Gasteiger partial charge in [0.1, 0.15) is 19.0 Å². The predicted octanol–water partition coefficient (Wildman–Crippen LogP) is 3.05. The van der Waals surface area contributed by atoms with Gasteiger partial charge in [-0.3, -0.25) is 4.72 Å². The molecule has 2 aromatic carbocycles. The van der Waals surface area contributed by atoms with Crippen molar-refractivity contribution in [2.45, 2.75) is 4.90 Å². The lowest BCUT2D eigenvalue weighted by Gasteiger charge is -2.19. The number of rotatable bonds is 3. The minimum atomic E-state index is -3.84. The highest BCUT2D eigenvalue weighted by atomic mass is 35.5. The van der Waals surface area contributed by atoms with Crippen LogP contribution in [0.2, 0.25) is 5.02 Å². The highest BCUT2D eigenvalue weighted by Gasteiger charge is 2.19. The highest BCUT2D eigenvalue weighted by molar-refractivity contribution is 7.92. The van der Waals surface area contributed by atoms with Gasteiger partial charge < -0.3 is 9.47 Å². The molecule has 0 saturated carbocycles. The maximum Gasteiger partial charge on any atom is 0.262 e. The molecule has 1 N–H and O–H groups in total. The average molecular weight is 344 g/mol. The summed E-state index contributed by atoms with van der Waals surface area (Å²) in [4.78, 5) is 0.0113. The molecule has 2 aromatic rings. The number of anilines is 1. The summed E-state index contributed by atoms with van der Waals surface area (Å²) in [5.74, 6) is 0.241. The third kappa shape index (κ3) is 2.95. The van der Waals surface area contributed by atoms with Crippen molar-refractivity contribution in [2.75, 3.05) is 17.9 Å². The lowest BCUT2D eigenvalue weighted by Crippen LogP contribution is -2.17. The Morgan fingerprint density at radius 2 is 1.77 bits per heavy atom. The molecule has 5 nitrogen and oxygen atoms in total. The van der Waals surface area contributed by atoms with Crippen LogP contribution in [-0.2, 0) is 10.0 Å². The fourth-order valence-electron chi connectivity index (χ4n) is 1.96. The van der Waals surface area contributed by atoms with Crippen molar-refractivity contribution in [1.29, 1.82) is 0 Å². The molecule has 22 heavy (non-hydrogen) atoms. The van der Waals surface area contributed by atoms with E-state index in [-0.39, 0.29) is 15.6 Å².